The van der Waals surface area contributed by atoms with Crippen molar-refractivity contribution in [3.63, 3.8) is 0 Å². The number of hydrogen-bond donors (Lipinski definition) is 2. The molecule has 1 fully saturated rings. The molecule has 0 spiro atoms. The van der Waals surface area contributed by atoms with Gasteiger partial charge in [-0.05, 0) is 42.8 Å². The highest BCUT2D eigenvalue weighted by Gasteiger charge is 2.32. The third kappa shape index (κ3) is 4.57. The fraction of sp³-hybridized carbons (Fsp3) is 0.192. The van der Waals surface area contributed by atoms with Gasteiger partial charge in [0.25, 0.3) is 5.56 Å². The number of hydrogen-bond acceptors (Lipinski definition) is 7. The molecule has 0 amide bonds. The Hall–Kier alpha value is -4.13. The fourth-order valence-electron chi connectivity index (χ4n) is 4.39. The minimum Gasteiger partial charge on any atom is -0.478 e. The molecule has 1 aromatic carbocycles. The first-order valence-corrected chi connectivity index (χ1v) is 12.1. The number of pyridine rings is 2. The van der Waals surface area contributed by atoms with Crippen LogP contribution in [-0.4, -0.2) is 38.5 Å². The summed E-state index contributed by atoms with van der Waals surface area (Å²) < 4.78 is 1.30. The molecule has 5 rings (SSSR count). The highest BCUT2D eigenvalue weighted by molar-refractivity contribution is 6.33. The molecule has 2 N–H and O–H groups in total. The fourth-order valence-corrected chi connectivity index (χ4v) is 4.86. The number of benzene rings is 1. The highest BCUT2D eigenvalue weighted by Crippen LogP contribution is 2.35. The normalized spacial score (nSPS) is 14.2. The van der Waals surface area contributed by atoms with Crippen LogP contribution in [0.5, 0.6) is 0 Å². The first kappa shape index (κ1) is 24.6. The number of carboxylic acid groups (broad SMARTS) is 1. The summed E-state index contributed by atoms with van der Waals surface area (Å²) in [6.07, 6.45) is 2.95. The van der Waals surface area contributed by atoms with E-state index in [2.05, 4.69) is 16.4 Å². The predicted molar refractivity (Wildman–Crippen MR) is 141 cm³/mol. The molecular formula is C26H20Cl2N6O3. The zero-order valence-electron chi connectivity index (χ0n) is 19.5. The highest BCUT2D eigenvalue weighted by atomic mass is 35.5. The maximum atomic E-state index is 13.2. The maximum Gasteiger partial charge on any atom is 0.339 e. The Bertz CT molecular complexity index is 1620. The molecule has 1 saturated heterocycles. The standard InChI is InChI=1S/C26H20Cl2N6O3/c1-14(31-22-19(26(36)37)3-2-8-30-22)20-9-18(27)13-34-23(20)32-24(21(28)25(34)35)33-11-17(12-33)16-6-4-15(10-29)5-7-16/h2-9,13-14,17H,11-12H2,1H3,(H,30,31)(H,36,37)/t14-/m1/s1. The minimum absolute atomic E-state index is 0.0116. The third-order valence-corrected chi connectivity index (χ3v) is 6.93. The molecule has 186 valence electrons. The van der Waals surface area contributed by atoms with Crippen LogP contribution in [-0.2, 0) is 0 Å². The zero-order chi connectivity index (χ0) is 26.3. The van der Waals surface area contributed by atoms with Gasteiger partial charge < -0.3 is 15.3 Å². The van der Waals surface area contributed by atoms with Gasteiger partial charge in [0, 0.05) is 37.0 Å². The van der Waals surface area contributed by atoms with E-state index in [1.165, 1.54) is 22.9 Å². The van der Waals surface area contributed by atoms with Gasteiger partial charge in [-0.15, -0.1) is 0 Å². The lowest BCUT2D eigenvalue weighted by molar-refractivity contribution is 0.0697. The van der Waals surface area contributed by atoms with Crippen molar-refractivity contribution in [2.75, 3.05) is 23.3 Å². The summed E-state index contributed by atoms with van der Waals surface area (Å²) in [6, 6.07) is 13.7. The summed E-state index contributed by atoms with van der Waals surface area (Å²) >= 11 is 12.8. The van der Waals surface area contributed by atoms with Crippen LogP contribution >= 0.6 is 23.2 Å². The van der Waals surface area contributed by atoms with Gasteiger partial charge in [-0.2, -0.15) is 5.26 Å². The molecule has 4 aromatic rings. The lowest BCUT2D eigenvalue weighted by atomic mass is 9.91. The van der Waals surface area contributed by atoms with Gasteiger partial charge in [0.15, 0.2) is 5.82 Å². The molecule has 0 saturated carbocycles. The molecule has 4 heterocycles. The van der Waals surface area contributed by atoms with Crippen molar-refractivity contribution in [1.29, 1.82) is 5.26 Å². The first-order valence-electron chi connectivity index (χ1n) is 11.4. The Morgan fingerprint density at radius 3 is 2.65 bits per heavy atom. The second-order valence-corrected chi connectivity index (χ2v) is 9.58. The number of aromatic nitrogens is 3. The van der Waals surface area contributed by atoms with Crippen LogP contribution in [0.15, 0.2) is 59.7 Å². The smallest absolute Gasteiger partial charge is 0.339 e. The van der Waals surface area contributed by atoms with Gasteiger partial charge in [0.05, 0.1) is 22.7 Å². The van der Waals surface area contributed by atoms with E-state index in [-0.39, 0.29) is 22.3 Å². The molecule has 0 aliphatic carbocycles. The quantitative estimate of drug-likeness (QED) is 0.363. The van der Waals surface area contributed by atoms with Crippen LogP contribution in [0.2, 0.25) is 10.0 Å². The van der Waals surface area contributed by atoms with Crippen molar-refractivity contribution < 1.29 is 9.90 Å². The van der Waals surface area contributed by atoms with E-state index in [0.717, 1.165) is 5.56 Å². The number of anilines is 2. The molecule has 37 heavy (non-hydrogen) atoms. The van der Waals surface area contributed by atoms with Gasteiger partial charge in [-0.25, -0.2) is 14.8 Å². The van der Waals surface area contributed by atoms with Crippen molar-refractivity contribution in [3.8, 4) is 6.07 Å². The Balaban J connectivity index is 1.49. The number of rotatable bonds is 6. The Labute approximate surface area is 221 Å². The molecular weight excluding hydrogens is 515 g/mol. The monoisotopic (exact) mass is 534 g/mol. The maximum absolute atomic E-state index is 13.2. The number of nitrogens with one attached hydrogen (secondary N) is 1. The summed E-state index contributed by atoms with van der Waals surface area (Å²) in [5.74, 6) is -0.341. The van der Waals surface area contributed by atoms with Crippen LogP contribution in [0.1, 0.15) is 45.9 Å². The van der Waals surface area contributed by atoms with Crippen molar-refractivity contribution in [2.24, 2.45) is 0 Å². The molecule has 9 nitrogen and oxygen atoms in total. The summed E-state index contributed by atoms with van der Waals surface area (Å²) in [5, 5.41) is 21.9. The summed E-state index contributed by atoms with van der Waals surface area (Å²) in [4.78, 5) is 35.7. The van der Waals surface area contributed by atoms with Crippen LogP contribution < -0.4 is 15.8 Å². The summed E-state index contributed by atoms with van der Waals surface area (Å²) in [7, 11) is 0. The van der Waals surface area contributed by atoms with Crippen molar-refractivity contribution >= 4 is 46.5 Å². The summed E-state index contributed by atoms with van der Waals surface area (Å²) in [6.45, 7) is 3.03. The van der Waals surface area contributed by atoms with E-state index in [4.69, 9.17) is 33.4 Å². The molecule has 1 aliphatic heterocycles. The number of aromatic carboxylic acids is 1. The van der Waals surface area contributed by atoms with E-state index in [1.807, 2.05) is 17.0 Å². The van der Waals surface area contributed by atoms with Gasteiger partial charge in [-0.3, -0.25) is 9.20 Å². The molecule has 0 radical (unpaired) electrons. The predicted octanol–water partition coefficient (Wildman–Crippen LogP) is 4.74. The topological polar surface area (TPSA) is 124 Å². The molecule has 11 heteroatoms. The van der Waals surface area contributed by atoms with Crippen LogP contribution in [0.4, 0.5) is 11.6 Å². The Morgan fingerprint density at radius 1 is 1.24 bits per heavy atom. The van der Waals surface area contributed by atoms with E-state index >= 15 is 0 Å². The molecule has 1 aliphatic rings. The number of carbonyl (C=O) groups is 1. The average Bonchev–Trinajstić information content (AvgIpc) is 2.86. The minimum atomic E-state index is -1.11. The Kier molecular flexibility index (Phi) is 6.46. The zero-order valence-corrected chi connectivity index (χ0v) is 21.0. The van der Waals surface area contributed by atoms with E-state index in [0.29, 0.717) is 40.7 Å². The van der Waals surface area contributed by atoms with Crippen molar-refractivity contribution in [1.82, 2.24) is 14.4 Å². The SMILES string of the molecule is C[C@@H](Nc1ncccc1C(=O)O)c1cc(Cl)cn2c(=O)c(Cl)c(N3CC(c4ccc(C#N)cc4)C3)nc12. The van der Waals surface area contributed by atoms with Gasteiger partial charge >= 0.3 is 5.97 Å². The third-order valence-electron chi connectivity index (χ3n) is 6.40. The van der Waals surface area contributed by atoms with Crippen LogP contribution in [0.3, 0.4) is 0 Å². The first-order chi connectivity index (χ1) is 17.8. The number of fused-ring (bicyclic) bond motifs is 1. The van der Waals surface area contributed by atoms with E-state index in [1.54, 1.807) is 31.2 Å². The van der Waals surface area contributed by atoms with Crippen LogP contribution in [0.25, 0.3) is 5.65 Å². The second kappa shape index (κ2) is 9.73. The Morgan fingerprint density at radius 2 is 1.97 bits per heavy atom. The number of halogens is 2. The van der Waals surface area contributed by atoms with Gasteiger partial charge in [0.2, 0.25) is 0 Å². The van der Waals surface area contributed by atoms with E-state index < -0.39 is 17.6 Å². The van der Waals surface area contributed by atoms with Gasteiger partial charge in [-0.1, -0.05) is 35.3 Å². The molecule has 0 unspecified atom stereocenters. The average molecular weight is 535 g/mol. The largest absolute Gasteiger partial charge is 0.478 e. The van der Waals surface area contributed by atoms with Crippen molar-refractivity contribution in [2.45, 2.75) is 18.9 Å². The number of carboxylic acids is 1. The lowest BCUT2D eigenvalue weighted by Crippen LogP contribution is -2.46. The van der Waals surface area contributed by atoms with Crippen molar-refractivity contribution in [3.05, 3.63) is 97.5 Å². The molecule has 0 bridgehead atoms. The molecule has 3 aromatic heterocycles. The van der Waals surface area contributed by atoms with E-state index in [9.17, 15) is 14.7 Å². The second-order valence-electron chi connectivity index (χ2n) is 8.77. The number of nitriles is 1. The van der Waals surface area contributed by atoms with Crippen LogP contribution in [0, 0.1) is 11.3 Å². The lowest BCUT2D eigenvalue weighted by Gasteiger charge is -2.40. The molecule has 1 atom stereocenters. The summed E-state index contributed by atoms with van der Waals surface area (Å²) in [5.41, 5.74) is 2.19. The van der Waals surface area contributed by atoms with Gasteiger partial charge in [0.1, 0.15) is 22.1 Å². The number of nitrogens with zero attached hydrogens (tertiary/aromatic N) is 5.